The number of nitrogens with zero attached hydrogens (tertiary/aromatic N) is 1. The SMILES string of the molecule is COC(=O)/C=C(/Nc1ccc(OC)c(S(=O)(=O)N(C)C)c1)C(=O)OC. The fraction of sp³-hybridized carbons (Fsp3) is 0.333. The maximum atomic E-state index is 12.4. The van der Waals surface area contributed by atoms with Crippen LogP contribution in [-0.4, -0.2) is 60.1 Å². The van der Waals surface area contributed by atoms with E-state index in [1.165, 1.54) is 39.4 Å². The third-order valence-electron chi connectivity index (χ3n) is 3.07. The molecule has 0 aromatic heterocycles. The van der Waals surface area contributed by atoms with E-state index in [1.807, 2.05) is 0 Å². The predicted molar refractivity (Wildman–Crippen MR) is 89.6 cm³/mol. The van der Waals surface area contributed by atoms with Gasteiger partial charge in [-0.05, 0) is 18.2 Å². The average Bonchev–Trinajstić information content (AvgIpc) is 2.59. The number of anilines is 1. The Morgan fingerprint density at radius 1 is 1.12 bits per heavy atom. The number of nitrogens with one attached hydrogen (secondary N) is 1. The number of hydrogen-bond donors (Lipinski definition) is 1. The Labute approximate surface area is 146 Å². The lowest BCUT2D eigenvalue weighted by atomic mass is 10.2. The fourth-order valence-corrected chi connectivity index (χ4v) is 2.82. The van der Waals surface area contributed by atoms with Gasteiger partial charge < -0.3 is 19.5 Å². The highest BCUT2D eigenvalue weighted by molar-refractivity contribution is 7.89. The van der Waals surface area contributed by atoms with Gasteiger partial charge in [-0.3, -0.25) is 0 Å². The molecular weight excluding hydrogens is 352 g/mol. The number of sulfonamides is 1. The summed E-state index contributed by atoms with van der Waals surface area (Å²) < 4.78 is 40.0. The first-order chi connectivity index (χ1) is 11.7. The Bertz CT molecular complexity index is 785. The van der Waals surface area contributed by atoms with Crippen molar-refractivity contribution in [1.29, 1.82) is 0 Å². The summed E-state index contributed by atoms with van der Waals surface area (Å²) in [6, 6.07) is 4.19. The average molecular weight is 372 g/mol. The Kier molecular flexibility index (Phi) is 6.95. The minimum atomic E-state index is -3.79. The molecule has 0 spiro atoms. The largest absolute Gasteiger partial charge is 0.495 e. The predicted octanol–water partition coefficient (Wildman–Crippen LogP) is 0.587. The van der Waals surface area contributed by atoms with Gasteiger partial charge in [0.2, 0.25) is 10.0 Å². The number of benzene rings is 1. The zero-order valence-electron chi connectivity index (χ0n) is 14.5. The van der Waals surface area contributed by atoms with Crippen LogP contribution in [-0.2, 0) is 29.1 Å². The van der Waals surface area contributed by atoms with Crippen molar-refractivity contribution in [3.05, 3.63) is 30.0 Å². The van der Waals surface area contributed by atoms with Gasteiger partial charge in [-0.2, -0.15) is 0 Å². The number of ether oxygens (including phenoxy) is 3. The van der Waals surface area contributed by atoms with Gasteiger partial charge in [0, 0.05) is 19.8 Å². The first-order valence-corrected chi connectivity index (χ1v) is 8.37. The molecule has 0 atom stereocenters. The van der Waals surface area contributed by atoms with Gasteiger partial charge in [0.15, 0.2) is 0 Å². The molecule has 0 bridgehead atoms. The topological polar surface area (TPSA) is 111 Å². The molecule has 0 aliphatic heterocycles. The number of carbonyl (C=O) groups is 2. The maximum Gasteiger partial charge on any atom is 0.354 e. The van der Waals surface area contributed by atoms with E-state index in [-0.39, 0.29) is 22.0 Å². The molecule has 1 aromatic rings. The van der Waals surface area contributed by atoms with Crippen molar-refractivity contribution in [1.82, 2.24) is 4.31 Å². The van der Waals surface area contributed by atoms with Crippen LogP contribution in [0.3, 0.4) is 0 Å². The van der Waals surface area contributed by atoms with E-state index in [0.29, 0.717) is 0 Å². The van der Waals surface area contributed by atoms with Crippen molar-refractivity contribution >= 4 is 27.6 Å². The molecule has 0 aliphatic carbocycles. The van der Waals surface area contributed by atoms with E-state index < -0.39 is 22.0 Å². The monoisotopic (exact) mass is 372 g/mol. The van der Waals surface area contributed by atoms with Gasteiger partial charge in [0.1, 0.15) is 16.3 Å². The third-order valence-corrected chi connectivity index (χ3v) is 4.91. The number of esters is 2. The van der Waals surface area contributed by atoms with Crippen molar-refractivity contribution < 1.29 is 32.2 Å². The van der Waals surface area contributed by atoms with Crippen molar-refractivity contribution in [2.24, 2.45) is 0 Å². The highest BCUT2D eigenvalue weighted by Crippen LogP contribution is 2.29. The second-order valence-electron chi connectivity index (χ2n) is 4.85. The molecule has 0 saturated heterocycles. The van der Waals surface area contributed by atoms with Gasteiger partial charge in [-0.15, -0.1) is 0 Å². The molecule has 25 heavy (non-hydrogen) atoms. The van der Waals surface area contributed by atoms with Crippen LogP contribution in [0.15, 0.2) is 34.9 Å². The van der Waals surface area contributed by atoms with Crippen molar-refractivity contribution in [3.8, 4) is 5.75 Å². The second kappa shape index (κ2) is 8.49. The Hall–Kier alpha value is -2.59. The second-order valence-corrected chi connectivity index (χ2v) is 6.97. The number of methoxy groups -OCH3 is 3. The highest BCUT2D eigenvalue weighted by Gasteiger charge is 2.23. The lowest BCUT2D eigenvalue weighted by Crippen LogP contribution is -2.23. The number of hydrogen-bond acceptors (Lipinski definition) is 8. The number of carbonyl (C=O) groups excluding carboxylic acids is 2. The summed E-state index contributed by atoms with van der Waals surface area (Å²) in [5.74, 6) is -1.46. The van der Waals surface area contributed by atoms with E-state index in [4.69, 9.17) is 4.74 Å². The maximum absolute atomic E-state index is 12.4. The van der Waals surface area contributed by atoms with Crippen LogP contribution >= 0.6 is 0 Å². The number of rotatable bonds is 7. The minimum absolute atomic E-state index is 0.104. The normalized spacial score (nSPS) is 11.8. The first-order valence-electron chi connectivity index (χ1n) is 6.93. The van der Waals surface area contributed by atoms with E-state index in [1.54, 1.807) is 0 Å². The summed E-state index contributed by atoms with van der Waals surface area (Å²) in [6.45, 7) is 0. The minimum Gasteiger partial charge on any atom is -0.495 e. The van der Waals surface area contributed by atoms with Gasteiger partial charge in [0.25, 0.3) is 0 Å². The van der Waals surface area contributed by atoms with Crippen LogP contribution in [0, 0.1) is 0 Å². The molecule has 0 amide bonds. The third kappa shape index (κ3) is 4.94. The highest BCUT2D eigenvalue weighted by atomic mass is 32.2. The van der Waals surface area contributed by atoms with Gasteiger partial charge in [0.05, 0.1) is 27.4 Å². The van der Waals surface area contributed by atoms with Crippen LogP contribution < -0.4 is 10.1 Å². The lowest BCUT2D eigenvalue weighted by Gasteiger charge is -2.16. The summed E-state index contributed by atoms with van der Waals surface area (Å²) in [6.07, 6.45) is 0.899. The fourth-order valence-electron chi connectivity index (χ4n) is 1.74. The quantitative estimate of drug-likeness (QED) is 0.547. The summed E-state index contributed by atoms with van der Waals surface area (Å²) in [5.41, 5.74) is 0.0227. The molecule has 0 radical (unpaired) electrons. The Morgan fingerprint density at radius 3 is 2.24 bits per heavy atom. The van der Waals surface area contributed by atoms with Crippen LogP contribution in [0.1, 0.15) is 0 Å². The van der Waals surface area contributed by atoms with E-state index in [2.05, 4.69) is 14.8 Å². The summed E-state index contributed by atoms with van der Waals surface area (Å²) in [4.78, 5) is 23.0. The Balaban J connectivity index is 3.37. The van der Waals surface area contributed by atoms with Gasteiger partial charge in [-0.1, -0.05) is 0 Å². The van der Waals surface area contributed by atoms with E-state index in [9.17, 15) is 18.0 Å². The van der Waals surface area contributed by atoms with Crippen LogP contribution in [0.2, 0.25) is 0 Å². The summed E-state index contributed by atoms with van der Waals surface area (Å²) in [5, 5.41) is 2.64. The summed E-state index contributed by atoms with van der Waals surface area (Å²) in [7, 11) is 2.61. The molecular formula is C15H20N2O7S. The molecule has 0 aliphatic rings. The zero-order valence-corrected chi connectivity index (χ0v) is 15.3. The van der Waals surface area contributed by atoms with Gasteiger partial charge >= 0.3 is 11.9 Å². The molecule has 1 N–H and O–H groups in total. The van der Waals surface area contributed by atoms with E-state index in [0.717, 1.165) is 24.6 Å². The zero-order chi connectivity index (χ0) is 19.2. The molecule has 10 heteroatoms. The molecule has 0 saturated carbocycles. The van der Waals surface area contributed by atoms with Gasteiger partial charge in [-0.25, -0.2) is 22.3 Å². The van der Waals surface area contributed by atoms with Crippen molar-refractivity contribution in [2.45, 2.75) is 4.90 Å². The lowest BCUT2D eigenvalue weighted by molar-refractivity contribution is -0.138. The van der Waals surface area contributed by atoms with Crippen molar-refractivity contribution in [2.75, 3.05) is 40.7 Å². The van der Waals surface area contributed by atoms with Crippen molar-refractivity contribution in [3.63, 3.8) is 0 Å². The molecule has 1 rings (SSSR count). The molecule has 9 nitrogen and oxygen atoms in total. The standard InChI is InChI=1S/C15H20N2O7S/c1-17(2)25(20,21)13-8-10(6-7-12(13)22-3)16-11(15(19)24-5)9-14(18)23-4/h6-9,16H,1-5H3/b11-9+. The van der Waals surface area contributed by atoms with E-state index >= 15 is 0 Å². The summed E-state index contributed by atoms with van der Waals surface area (Å²) >= 11 is 0. The Morgan fingerprint density at radius 2 is 1.76 bits per heavy atom. The molecule has 0 heterocycles. The van der Waals surface area contributed by atoms with Crippen LogP contribution in [0.25, 0.3) is 0 Å². The van der Waals surface area contributed by atoms with Crippen LogP contribution in [0.4, 0.5) is 5.69 Å². The smallest absolute Gasteiger partial charge is 0.354 e. The molecule has 1 aromatic carbocycles. The molecule has 138 valence electrons. The van der Waals surface area contributed by atoms with Crippen LogP contribution in [0.5, 0.6) is 5.75 Å². The first kappa shape index (κ1) is 20.5. The molecule has 0 fully saturated rings. The molecule has 0 unspecified atom stereocenters.